The van der Waals surface area contributed by atoms with Gasteiger partial charge in [-0.15, -0.1) is 0 Å². The summed E-state index contributed by atoms with van der Waals surface area (Å²) in [6.45, 7) is 0. The van der Waals surface area contributed by atoms with Crippen LogP contribution < -0.4 is 0 Å². The van der Waals surface area contributed by atoms with E-state index >= 15 is 0 Å². The van der Waals surface area contributed by atoms with Crippen LogP contribution in [0.1, 0.15) is 0 Å². The Morgan fingerprint density at radius 2 is 1.78 bits per heavy atom. The zero-order valence-corrected chi connectivity index (χ0v) is 10.7. The van der Waals surface area contributed by atoms with Gasteiger partial charge in [0.25, 0.3) is 0 Å². The summed E-state index contributed by atoms with van der Waals surface area (Å²) in [5.41, 5.74) is 1.38. The van der Waals surface area contributed by atoms with Crippen LogP contribution in [0, 0.1) is 0 Å². The summed E-state index contributed by atoms with van der Waals surface area (Å²) in [4.78, 5) is 16.4. The molecule has 3 heterocycles. The lowest BCUT2D eigenvalue weighted by atomic mass is 10.2. The molecule has 0 saturated heterocycles. The number of pyridine rings is 2. The summed E-state index contributed by atoms with van der Waals surface area (Å²) >= 11 is 3.32. The molecule has 0 bridgehead atoms. The van der Waals surface area contributed by atoms with E-state index in [1.165, 1.54) is 0 Å². The second-order valence-electron chi connectivity index (χ2n) is 3.62. The van der Waals surface area contributed by atoms with Crippen LogP contribution in [0.25, 0.3) is 22.3 Å². The van der Waals surface area contributed by atoms with Gasteiger partial charge in [0.15, 0.2) is 5.82 Å². The smallest absolute Gasteiger partial charge is 0.223 e. The van der Waals surface area contributed by atoms with Gasteiger partial charge in [0.2, 0.25) is 5.88 Å². The maximum atomic E-state index is 9.97. The largest absolute Gasteiger partial charge is 0.493 e. The zero-order valence-electron chi connectivity index (χ0n) is 9.08. The van der Waals surface area contributed by atoms with Crippen LogP contribution in [0.4, 0.5) is 0 Å². The van der Waals surface area contributed by atoms with Crippen LogP contribution in [0.3, 0.4) is 0 Å². The third kappa shape index (κ3) is 1.80. The van der Waals surface area contributed by atoms with Crippen molar-refractivity contribution in [2.45, 2.75) is 0 Å². The first-order valence-electron chi connectivity index (χ1n) is 5.16. The Morgan fingerprint density at radius 3 is 2.56 bits per heavy atom. The second-order valence-corrected chi connectivity index (χ2v) is 4.48. The van der Waals surface area contributed by atoms with E-state index < -0.39 is 0 Å². The lowest BCUT2D eigenvalue weighted by molar-refractivity contribution is 0.460. The highest BCUT2D eigenvalue weighted by molar-refractivity contribution is 9.10. The minimum absolute atomic E-state index is 0.0684. The summed E-state index contributed by atoms with van der Waals surface area (Å²) in [6, 6.07) is 3.57. The molecule has 18 heavy (non-hydrogen) atoms. The number of fused-ring (bicyclic) bond motifs is 1. The van der Waals surface area contributed by atoms with Gasteiger partial charge in [0.05, 0.1) is 21.6 Å². The number of aromatic hydroxyl groups is 1. The molecule has 0 aliphatic rings. The molecule has 0 aliphatic heterocycles. The molecule has 3 aromatic rings. The second kappa shape index (κ2) is 4.30. The van der Waals surface area contributed by atoms with Crippen molar-refractivity contribution in [3.8, 4) is 17.3 Å². The van der Waals surface area contributed by atoms with Gasteiger partial charge in [-0.3, -0.25) is 9.97 Å². The van der Waals surface area contributed by atoms with E-state index in [2.05, 4.69) is 35.9 Å². The molecule has 0 saturated carbocycles. The number of nitrogens with zero attached hydrogens (tertiary/aromatic N) is 4. The van der Waals surface area contributed by atoms with Gasteiger partial charge in [0.1, 0.15) is 0 Å². The highest BCUT2D eigenvalue weighted by Crippen LogP contribution is 2.30. The Balaban J connectivity index is 2.29. The maximum Gasteiger partial charge on any atom is 0.223 e. The predicted octanol–water partition coefficient (Wildman–Crippen LogP) is 2.55. The molecule has 0 amide bonds. The van der Waals surface area contributed by atoms with E-state index in [0.29, 0.717) is 21.2 Å². The molecular weight excluding hydrogens is 296 g/mol. The standard InChI is InChI=1S/C12H7BrN4O/c13-8-5-15-6-9-10(8)12(18)17-11(16-9)7-1-3-14-4-2-7/h1-6H,(H,16,17,18). The van der Waals surface area contributed by atoms with Gasteiger partial charge in [-0.1, -0.05) is 0 Å². The Hall–Kier alpha value is -2.08. The van der Waals surface area contributed by atoms with Crippen LogP contribution in [-0.2, 0) is 0 Å². The molecule has 88 valence electrons. The highest BCUT2D eigenvalue weighted by atomic mass is 79.9. The Kier molecular flexibility index (Phi) is 2.64. The third-order valence-corrected chi connectivity index (χ3v) is 3.08. The molecular formula is C12H7BrN4O. The zero-order chi connectivity index (χ0) is 12.5. The maximum absolute atomic E-state index is 9.97. The topological polar surface area (TPSA) is 71.8 Å². The van der Waals surface area contributed by atoms with Crippen molar-refractivity contribution in [3.05, 3.63) is 41.4 Å². The minimum Gasteiger partial charge on any atom is -0.493 e. The molecule has 0 aromatic carbocycles. The molecule has 3 rings (SSSR count). The van der Waals surface area contributed by atoms with E-state index in [9.17, 15) is 5.11 Å². The van der Waals surface area contributed by atoms with Gasteiger partial charge in [-0.05, 0) is 28.1 Å². The van der Waals surface area contributed by atoms with Gasteiger partial charge in [0, 0.05) is 24.2 Å². The fourth-order valence-electron chi connectivity index (χ4n) is 1.66. The summed E-state index contributed by atoms with van der Waals surface area (Å²) in [7, 11) is 0. The quantitative estimate of drug-likeness (QED) is 0.748. The molecule has 0 aliphatic carbocycles. The van der Waals surface area contributed by atoms with Gasteiger partial charge in [-0.2, -0.15) is 4.98 Å². The first-order valence-corrected chi connectivity index (χ1v) is 5.95. The fraction of sp³-hybridized carbons (Fsp3) is 0. The molecule has 0 fully saturated rings. The van der Waals surface area contributed by atoms with Crippen molar-refractivity contribution in [2.24, 2.45) is 0 Å². The molecule has 3 aromatic heterocycles. The average molecular weight is 303 g/mol. The monoisotopic (exact) mass is 302 g/mol. The van der Waals surface area contributed by atoms with Crippen LogP contribution in [0.2, 0.25) is 0 Å². The predicted molar refractivity (Wildman–Crippen MR) is 69.9 cm³/mol. The third-order valence-electron chi connectivity index (χ3n) is 2.48. The Bertz CT molecular complexity index is 718. The minimum atomic E-state index is -0.0684. The van der Waals surface area contributed by atoms with Crippen LogP contribution >= 0.6 is 15.9 Å². The lowest BCUT2D eigenvalue weighted by Gasteiger charge is -2.05. The van der Waals surface area contributed by atoms with E-state index in [1.807, 2.05) is 0 Å². The summed E-state index contributed by atoms with van der Waals surface area (Å²) < 4.78 is 0.666. The molecule has 0 spiro atoms. The SMILES string of the molecule is Oc1nc(-c2ccncc2)nc2cncc(Br)c12. The molecule has 5 nitrogen and oxygen atoms in total. The van der Waals surface area contributed by atoms with Gasteiger partial charge < -0.3 is 5.11 Å². The normalized spacial score (nSPS) is 10.7. The van der Waals surface area contributed by atoms with E-state index in [0.717, 1.165) is 5.56 Å². The molecule has 1 N–H and O–H groups in total. The summed E-state index contributed by atoms with van der Waals surface area (Å²) in [5.74, 6) is 0.378. The fourth-order valence-corrected chi connectivity index (χ4v) is 2.15. The first-order chi connectivity index (χ1) is 8.75. The van der Waals surface area contributed by atoms with Crippen molar-refractivity contribution in [1.29, 1.82) is 0 Å². The molecule has 0 atom stereocenters. The number of halogens is 1. The summed E-state index contributed by atoms with van der Waals surface area (Å²) in [5, 5.41) is 10.5. The lowest BCUT2D eigenvalue weighted by Crippen LogP contribution is -1.92. The van der Waals surface area contributed by atoms with Crippen molar-refractivity contribution in [2.75, 3.05) is 0 Å². The molecule has 0 unspecified atom stereocenters. The van der Waals surface area contributed by atoms with E-state index in [4.69, 9.17) is 0 Å². The van der Waals surface area contributed by atoms with Crippen LogP contribution in [-0.4, -0.2) is 25.0 Å². The van der Waals surface area contributed by atoms with Gasteiger partial charge in [-0.25, -0.2) is 4.98 Å². The number of rotatable bonds is 1. The van der Waals surface area contributed by atoms with E-state index in [-0.39, 0.29) is 5.88 Å². The van der Waals surface area contributed by atoms with Crippen molar-refractivity contribution < 1.29 is 5.11 Å². The number of aromatic nitrogens is 4. The van der Waals surface area contributed by atoms with Gasteiger partial charge >= 0.3 is 0 Å². The Labute approximate surface area is 111 Å². The summed E-state index contributed by atoms with van der Waals surface area (Å²) in [6.07, 6.45) is 6.49. The van der Waals surface area contributed by atoms with E-state index in [1.54, 1.807) is 36.9 Å². The van der Waals surface area contributed by atoms with Crippen LogP contribution in [0.15, 0.2) is 41.4 Å². The number of hydrogen-bond donors (Lipinski definition) is 1. The van der Waals surface area contributed by atoms with Crippen molar-refractivity contribution >= 4 is 26.8 Å². The highest BCUT2D eigenvalue weighted by Gasteiger charge is 2.11. The number of hydrogen-bond acceptors (Lipinski definition) is 5. The molecule has 6 heteroatoms. The molecule has 0 radical (unpaired) electrons. The average Bonchev–Trinajstić information content (AvgIpc) is 2.39. The Morgan fingerprint density at radius 1 is 1.00 bits per heavy atom. The van der Waals surface area contributed by atoms with Crippen molar-refractivity contribution in [3.63, 3.8) is 0 Å². The van der Waals surface area contributed by atoms with Crippen molar-refractivity contribution in [1.82, 2.24) is 19.9 Å². The first kappa shape index (κ1) is 11.0. The van der Waals surface area contributed by atoms with Crippen LogP contribution in [0.5, 0.6) is 5.88 Å².